The van der Waals surface area contributed by atoms with Gasteiger partial charge in [0, 0.05) is 0 Å². The predicted octanol–water partition coefficient (Wildman–Crippen LogP) is 0.802. The molecule has 0 aromatic rings. The van der Waals surface area contributed by atoms with E-state index in [9.17, 15) is 4.79 Å². The second kappa shape index (κ2) is 4.85. The molecule has 10 heavy (non-hydrogen) atoms. The van der Waals surface area contributed by atoms with Gasteiger partial charge in [-0.1, -0.05) is 13.0 Å². The van der Waals surface area contributed by atoms with Gasteiger partial charge >= 0.3 is 5.97 Å². The van der Waals surface area contributed by atoms with E-state index in [2.05, 4.69) is 4.74 Å². The molecule has 0 atom stereocenters. The largest absolute Gasteiger partial charge is 0.461 e. The topological polar surface area (TPSA) is 52.3 Å². The van der Waals surface area contributed by atoms with Crippen molar-refractivity contribution in [1.29, 1.82) is 0 Å². The number of ether oxygens (including phenoxy) is 1. The van der Waals surface area contributed by atoms with E-state index >= 15 is 0 Å². The van der Waals surface area contributed by atoms with Crippen LogP contribution in [0.1, 0.15) is 20.3 Å². The van der Waals surface area contributed by atoms with E-state index in [4.69, 9.17) is 5.73 Å². The quantitative estimate of drug-likeness (QED) is 0.469. The maximum atomic E-state index is 10.7. The first-order valence-corrected chi connectivity index (χ1v) is 3.35. The number of nitrogens with two attached hydrogens (primary N) is 1. The lowest BCUT2D eigenvalue weighted by atomic mass is 10.3. The van der Waals surface area contributed by atoms with Crippen molar-refractivity contribution in [2.75, 3.05) is 6.61 Å². The monoisotopic (exact) mass is 143 g/mol. The highest BCUT2D eigenvalue weighted by Gasteiger charge is 2.02. The molecule has 0 aromatic heterocycles. The fraction of sp³-hybridized carbons (Fsp3) is 0.571. The normalized spacial score (nSPS) is 11.2. The Morgan fingerprint density at radius 3 is 2.60 bits per heavy atom. The minimum atomic E-state index is -0.427. The molecule has 0 heterocycles. The van der Waals surface area contributed by atoms with Gasteiger partial charge in [-0.25, -0.2) is 4.79 Å². The molecule has 0 aliphatic heterocycles. The molecular weight excluding hydrogens is 130 g/mol. The summed E-state index contributed by atoms with van der Waals surface area (Å²) in [6, 6.07) is 0. The van der Waals surface area contributed by atoms with Crippen LogP contribution in [0.15, 0.2) is 11.8 Å². The Hall–Kier alpha value is -0.990. The molecule has 0 aliphatic carbocycles. The van der Waals surface area contributed by atoms with Crippen LogP contribution in [-0.2, 0) is 9.53 Å². The fourth-order valence-corrected chi connectivity index (χ4v) is 0.518. The molecule has 0 aliphatic rings. The highest BCUT2D eigenvalue weighted by atomic mass is 16.5. The van der Waals surface area contributed by atoms with Gasteiger partial charge in [0.05, 0.1) is 6.61 Å². The SMILES string of the molecule is CCC=C(N)C(=O)OCC. The van der Waals surface area contributed by atoms with E-state index in [0.29, 0.717) is 6.61 Å². The van der Waals surface area contributed by atoms with Gasteiger partial charge < -0.3 is 10.5 Å². The van der Waals surface area contributed by atoms with E-state index < -0.39 is 5.97 Å². The summed E-state index contributed by atoms with van der Waals surface area (Å²) in [4.78, 5) is 10.7. The predicted molar refractivity (Wildman–Crippen MR) is 39.2 cm³/mol. The van der Waals surface area contributed by atoms with Gasteiger partial charge in [0.2, 0.25) is 0 Å². The van der Waals surface area contributed by atoms with Crippen molar-refractivity contribution >= 4 is 5.97 Å². The van der Waals surface area contributed by atoms with Crippen LogP contribution in [0.5, 0.6) is 0 Å². The number of esters is 1. The fourth-order valence-electron chi connectivity index (χ4n) is 0.518. The summed E-state index contributed by atoms with van der Waals surface area (Å²) in [5.41, 5.74) is 5.50. The van der Waals surface area contributed by atoms with Gasteiger partial charge in [0.15, 0.2) is 0 Å². The van der Waals surface area contributed by atoms with E-state index in [1.807, 2.05) is 6.92 Å². The first kappa shape index (κ1) is 9.01. The van der Waals surface area contributed by atoms with Crippen molar-refractivity contribution in [2.24, 2.45) is 5.73 Å². The van der Waals surface area contributed by atoms with Crippen LogP contribution in [0.4, 0.5) is 0 Å². The number of hydrogen-bond donors (Lipinski definition) is 1. The molecule has 0 radical (unpaired) electrons. The highest BCUT2D eigenvalue weighted by molar-refractivity contribution is 5.87. The number of carbonyl (C=O) groups is 1. The third kappa shape index (κ3) is 3.12. The maximum Gasteiger partial charge on any atom is 0.353 e. The van der Waals surface area contributed by atoms with Crippen LogP contribution >= 0.6 is 0 Å². The first-order valence-electron chi connectivity index (χ1n) is 3.35. The number of rotatable bonds is 3. The van der Waals surface area contributed by atoms with Gasteiger partial charge in [-0.3, -0.25) is 0 Å². The van der Waals surface area contributed by atoms with Crippen molar-refractivity contribution in [2.45, 2.75) is 20.3 Å². The Kier molecular flexibility index (Phi) is 4.37. The maximum absolute atomic E-state index is 10.7. The molecule has 3 heteroatoms. The van der Waals surface area contributed by atoms with E-state index in [1.54, 1.807) is 13.0 Å². The molecule has 0 aromatic carbocycles. The Labute approximate surface area is 60.9 Å². The average molecular weight is 143 g/mol. The summed E-state index contributed by atoms with van der Waals surface area (Å²) >= 11 is 0. The lowest BCUT2D eigenvalue weighted by Gasteiger charge is -1.99. The Morgan fingerprint density at radius 1 is 1.60 bits per heavy atom. The van der Waals surface area contributed by atoms with Crippen molar-refractivity contribution in [3.05, 3.63) is 11.8 Å². The minimum Gasteiger partial charge on any atom is -0.461 e. The van der Waals surface area contributed by atoms with Crippen LogP contribution < -0.4 is 5.73 Å². The highest BCUT2D eigenvalue weighted by Crippen LogP contribution is 1.91. The van der Waals surface area contributed by atoms with Crippen LogP contribution in [0.25, 0.3) is 0 Å². The van der Waals surface area contributed by atoms with Crippen LogP contribution in [0.2, 0.25) is 0 Å². The first-order chi connectivity index (χ1) is 4.72. The molecular formula is C7H13NO2. The summed E-state index contributed by atoms with van der Waals surface area (Å²) in [7, 11) is 0. The number of hydrogen-bond acceptors (Lipinski definition) is 3. The standard InChI is InChI=1S/C7H13NO2/c1-3-5-6(8)7(9)10-4-2/h5H,3-4,8H2,1-2H3. The van der Waals surface area contributed by atoms with Crippen molar-refractivity contribution < 1.29 is 9.53 Å². The Bertz CT molecular complexity index is 141. The number of carbonyl (C=O) groups excluding carboxylic acids is 1. The molecule has 0 bridgehead atoms. The molecule has 2 N–H and O–H groups in total. The zero-order valence-electron chi connectivity index (χ0n) is 6.39. The summed E-state index contributed by atoms with van der Waals surface area (Å²) in [5, 5.41) is 0. The zero-order chi connectivity index (χ0) is 7.98. The molecule has 0 amide bonds. The third-order valence-electron chi connectivity index (χ3n) is 0.935. The van der Waals surface area contributed by atoms with Gasteiger partial charge in [-0.15, -0.1) is 0 Å². The molecule has 0 fully saturated rings. The summed E-state index contributed by atoms with van der Waals surface area (Å²) in [6.07, 6.45) is 2.39. The van der Waals surface area contributed by atoms with Crippen molar-refractivity contribution in [3.63, 3.8) is 0 Å². The Balaban J connectivity index is 3.82. The van der Waals surface area contributed by atoms with Gasteiger partial charge in [-0.05, 0) is 13.3 Å². The molecule has 0 saturated heterocycles. The molecule has 0 unspecified atom stereocenters. The van der Waals surface area contributed by atoms with Crippen LogP contribution in [0.3, 0.4) is 0 Å². The Morgan fingerprint density at radius 2 is 2.20 bits per heavy atom. The van der Waals surface area contributed by atoms with E-state index in [1.165, 1.54) is 0 Å². The summed E-state index contributed by atoms with van der Waals surface area (Å²) in [5.74, 6) is -0.427. The summed E-state index contributed by atoms with van der Waals surface area (Å²) < 4.78 is 4.62. The van der Waals surface area contributed by atoms with Gasteiger partial charge in [0.1, 0.15) is 5.70 Å². The average Bonchev–Trinajstić information content (AvgIpc) is 1.89. The van der Waals surface area contributed by atoms with Gasteiger partial charge in [0.25, 0.3) is 0 Å². The molecule has 0 rings (SSSR count). The van der Waals surface area contributed by atoms with Crippen molar-refractivity contribution in [3.8, 4) is 0 Å². The van der Waals surface area contributed by atoms with Crippen LogP contribution in [0, 0.1) is 0 Å². The second-order valence-electron chi connectivity index (χ2n) is 1.79. The van der Waals surface area contributed by atoms with Crippen LogP contribution in [-0.4, -0.2) is 12.6 Å². The third-order valence-corrected chi connectivity index (χ3v) is 0.935. The zero-order valence-corrected chi connectivity index (χ0v) is 6.39. The second-order valence-corrected chi connectivity index (χ2v) is 1.79. The summed E-state index contributed by atoms with van der Waals surface area (Å²) in [6.45, 7) is 4.03. The lowest BCUT2D eigenvalue weighted by molar-refractivity contribution is -0.138. The molecule has 3 nitrogen and oxygen atoms in total. The molecule has 0 saturated carbocycles. The molecule has 0 spiro atoms. The van der Waals surface area contributed by atoms with Crippen molar-refractivity contribution in [1.82, 2.24) is 0 Å². The number of allylic oxidation sites excluding steroid dienone is 1. The minimum absolute atomic E-state index is 0.198. The lowest BCUT2D eigenvalue weighted by Crippen LogP contribution is -2.14. The van der Waals surface area contributed by atoms with E-state index in [-0.39, 0.29) is 5.70 Å². The smallest absolute Gasteiger partial charge is 0.353 e. The molecule has 58 valence electrons. The van der Waals surface area contributed by atoms with Gasteiger partial charge in [-0.2, -0.15) is 0 Å². The van der Waals surface area contributed by atoms with E-state index in [0.717, 1.165) is 6.42 Å².